The maximum Gasteiger partial charge on any atom is 0.222 e. The van der Waals surface area contributed by atoms with E-state index < -0.39 is 0 Å². The van der Waals surface area contributed by atoms with Crippen molar-refractivity contribution in [3.63, 3.8) is 0 Å². The lowest BCUT2D eigenvalue weighted by molar-refractivity contribution is -0.132. The summed E-state index contributed by atoms with van der Waals surface area (Å²) in [5.74, 6) is 1.23. The number of anilines is 1. The summed E-state index contributed by atoms with van der Waals surface area (Å²) in [7, 11) is 0. The number of halogens is 3. The molecule has 1 atom stereocenters. The molecule has 2 fully saturated rings. The lowest BCUT2D eigenvalue weighted by Gasteiger charge is -2.37. The van der Waals surface area contributed by atoms with Crippen LogP contribution >= 0.6 is 24.8 Å². The monoisotopic (exact) mass is 405 g/mol. The van der Waals surface area contributed by atoms with Crippen LogP contribution in [0.2, 0.25) is 0 Å². The molecule has 0 bridgehead atoms. The summed E-state index contributed by atoms with van der Waals surface area (Å²) in [6.45, 7) is 7.55. The molecule has 0 aliphatic carbocycles. The molecule has 148 valence electrons. The Labute approximate surface area is 168 Å². The average molecular weight is 406 g/mol. The number of piperidine rings is 1. The summed E-state index contributed by atoms with van der Waals surface area (Å²) in [5, 5.41) is 3.39. The first kappa shape index (κ1) is 23.0. The molecule has 2 aliphatic heterocycles. The molecular weight excluding hydrogens is 376 g/mol. The van der Waals surface area contributed by atoms with Crippen molar-refractivity contribution in [3.8, 4) is 0 Å². The minimum atomic E-state index is -0.209. The zero-order valence-electron chi connectivity index (χ0n) is 15.3. The topological polar surface area (TPSA) is 35.6 Å². The van der Waals surface area contributed by atoms with E-state index in [4.69, 9.17) is 0 Å². The number of carbonyl (C=O) groups is 1. The van der Waals surface area contributed by atoms with Gasteiger partial charge in [0.25, 0.3) is 0 Å². The van der Waals surface area contributed by atoms with Gasteiger partial charge in [0.05, 0.1) is 0 Å². The summed E-state index contributed by atoms with van der Waals surface area (Å²) in [5.41, 5.74) is 1.03. The molecule has 1 amide bonds. The van der Waals surface area contributed by atoms with Crippen LogP contribution in [-0.2, 0) is 4.79 Å². The largest absolute Gasteiger partial charge is 0.368 e. The molecule has 0 spiro atoms. The average Bonchev–Trinajstić information content (AvgIpc) is 2.63. The van der Waals surface area contributed by atoms with Crippen molar-refractivity contribution < 1.29 is 9.18 Å². The van der Waals surface area contributed by atoms with Crippen LogP contribution in [0.15, 0.2) is 24.3 Å². The Balaban J connectivity index is 0.00000169. The van der Waals surface area contributed by atoms with Crippen molar-refractivity contribution in [3.05, 3.63) is 30.1 Å². The van der Waals surface area contributed by atoms with Crippen LogP contribution in [0.5, 0.6) is 0 Å². The molecule has 3 rings (SSSR count). The van der Waals surface area contributed by atoms with Crippen LogP contribution in [0, 0.1) is 17.7 Å². The van der Waals surface area contributed by atoms with Crippen molar-refractivity contribution in [1.82, 2.24) is 10.2 Å². The van der Waals surface area contributed by atoms with Gasteiger partial charge in [-0.25, -0.2) is 4.39 Å². The van der Waals surface area contributed by atoms with Crippen molar-refractivity contribution in [2.45, 2.75) is 26.2 Å². The first-order valence-corrected chi connectivity index (χ1v) is 9.12. The minimum absolute atomic E-state index is 0. The lowest BCUT2D eigenvalue weighted by atomic mass is 9.84. The highest BCUT2D eigenvalue weighted by Gasteiger charge is 2.26. The van der Waals surface area contributed by atoms with Gasteiger partial charge in [-0.3, -0.25) is 4.79 Å². The van der Waals surface area contributed by atoms with Gasteiger partial charge in [-0.1, -0.05) is 6.92 Å². The summed E-state index contributed by atoms with van der Waals surface area (Å²) < 4.78 is 13.0. The van der Waals surface area contributed by atoms with Crippen LogP contribution in [0.3, 0.4) is 0 Å². The van der Waals surface area contributed by atoms with Crippen LogP contribution < -0.4 is 10.2 Å². The first-order chi connectivity index (χ1) is 11.6. The molecule has 1 aromatic rings. The maximum atomic E-state index is 13.0. The Morgan fingerprint density at radius 3 is 2.27 bits per heavy atom. The quantitative estimate of drug-likeness (QED) is 0.833. The van der Waals surface area contributed by atoms with Gasteiger partial charge in [0.1, 0.15) is 5.82 Å². The van der Waals surface area contributed by atoms with Crippen molar-refractivity contribution in [1.29, 1.82) is 0 Å². The van der Waals surface area contributed by atoms with E-state index in [1.807, 2.05) is 17.0 Å². The number of rotatable bonds is 4. The Kier molecular flexibility index (Phi) is 9.69. The number of nitrogens with zero attached hydrogens (tertiary/aromatic N) is 2. The number of hydrogen-bond donors (Lipinski definition) is 1. The van der Waals surface area contributed by atoms with Crippen LogP contribution in [0.4, 0.5) is 10.1 Å². The number of carbonyl (C=O) groups excluding carboxylic acids is 1. The Morgan fingerprint density at radius 1 is 1.12 bits per heavy atom. The molecule has 4 nitrogen and oxygen atoms in total. The van der Waals surface area contributed by atoms with Gasteiger partial charge in [0, 0.05) is 38.3 Å². The number of benzene rings is 1. The first-order valence-electron chi connectivity index (χ1n) is 9.12. The molecule has 26 heavy (non-hydrogen) atoms. The van der Waals surface area contributed by atoms with E-state index in [2.05, 4.69) is 17.1 Å². The SMILES string of the molecule is CC(CC(=O)N1CCN(c2ccc(F)cc2)CC1)C1CCNCC1.Cl.Cl. The summed E-state index contributed by atoms with van der Waals surface area (Å²) in [4.78, 5) is 16.8. The summed E-state index contributed by atoms with van der Waals surface area (Å²) in [6, 6.07) is 6.61. The predicted octanol–water partition coefficient (Wildman–Crippen LogP) is 3.34. The highest BCUT2D eigenvalue weighted by molar-refractivity contribution is 5.85. The summed E-state index contributed by atoms with van der Waals surface area (Å²) >= 11 is 0. The van der Waals surface area contributed by atoms with Crippen LogP contribution in [0.1, 0.15) is 26.2 Å². The zero-order valence-corrected chi connectivity index (χ0v) is 17.0. The van der Waals surface area contributed by atoms with Gasteiger partial charge in [0.2, 0.25) is 5.91 Å². The Bertz CT molecular complexity index is 544. The number of nitrogens with one attached hydrogen (secondary N) is 1. The van der Waals surface area contributed by atoms with Gasteiger partial charge >= 0.3 is 0 Å². The molecule has 0 saturated carbocycles. The minimum Gasteiger partial charge on any atom is -0.368 e. The van der Waals surface area contributed by atoms with E-state index >= 15 is 0 Å². The van der Waals surface area contributed by atoms with E-state index in [1.165, 1.54) is 25.0 Å². The summed E-state index contributed by atoms with van der Waals surface area (Å²) in [6.07, 6.45) is 3.04. The van der Waals surface area contributed by atoms with Crippen molar-refractivity contribution in [2.24, 2.45) is 11.8 Å². The van der Waals surface area contributed by atoms with E-state index in [-0.39, 0.29) is 30.6 Å². The van der Waals surface area contributed by atoms with E-state index in [0.29, 0.717) is 24.2 Å². The molecule has 0 radical (unpaired) electrons. The van der Waals surface area contributed by atoms with E-state index in [1.54, 1.807) is 0 Å². The lowest BCUT2D eigenvalue weighted by Crippen LogP contribution is -2.49. The molecular formula is C19H30Cl2FN3O. The van der Waals surface area contributed by atoms with Gasteiger partial charge in [-0.2, -0.15) is 0 Å². The van der Waals surface area contributed by atoms with Gasteiger partial charge in [0.15, 0.2) is 0 Å². The van der Waals surface area contributed by atoms with Crippen molar-refractivity contribution in [2.75, 3.05) is 44.2 Å². The molecule has 2 saturated heterocycles. The molecule has 1 unspecified atom stereocenters. The second-order valence-electron chi connectivity index (χ2n) is 7.11. The third-order valence-corrected chi connectivity index (χ3v) is 5.51. The fourth-order valence-electron chi connectivity index (χ4n) is 3.85. The fraction of sp³-hybridized carbons (Fsp3) is 0.632. The molecule has 1 aromatic carbocycles. The second kappa shape index (κ2) is 11.0. The Hall–Kier alpha value is -1.04. The predicted molar refractivity (Wildman–Crippen MR) is 109 cm³/mol. The fourth-order valence-corrected chi connectivity index (χ4v) is 3.85. The van der Waals surface area contributed by atoms with Gasteiger partial charge in [-0.15, -0.1) is 24.8 Å². The van der Waals surface area contributed by atoms with Crippen LogP contribution in [0.25, 0.3) is 0 Å². The molecule has 2 aliphatic rings. The number of piperazine rings is 1. The third kappa shape index (κ3) is 6.00. The van der Waals surface area contributed by atoms with Gasteiger partial charge < -0.3 is 15.1 Å². The standard InChI is InChI=1S/C19H28FN3O.2ClH/c1-15(16-6-8-21-9-7-16)14-19(24)23-12-10-22(11-13-23)18-4-2-17(20)3-5-18;;/h2-5,15-16,21H,6-14H2,1H3;2*1H. The van der Waals surface area contributed by atoms with Crippen LogP contribution in [-0.4, -0.2) is 50.1 Å². The second-order valence-corrected chi connectivity index (χ2v) is 7.11. The Morgan fingerprint density at radius 2 is 1.69 bits per heavy atom. The molecule has 1 N–H and O–H groups in total. The maximum absolute atomic E-state index is 13.0. The van der Waals surface area contributed by atoms with Gasteiger partial charge in [-0.05, 0) is 62.0 Å². The van der Waals surface area contributed by atoms with Crippen molar-refractivity contribution >= 4 is 36.4 Å². The normalized spacial score (nSPS) is 19.3. The molecule has 0 aromatic heterocycles. The molecule has 2 heterocycles. The molecule has 7 heteroatoms. The highest BCUT2D eigenvalue weighted by Crippen LogP contribution is 2.25. The number of hydrogen-bond acceptors (Lipinski definition) is 3. The zero-order chi connectivity index (χ0) is 16.9. The van der Waals surface area contributed by atoms with E-state index in [0.717, 1.165) is 45.0 Å². The smallest absolute Gasteiger partial charge is 0.222 e. The highest BCUT2D eigenvalue weighted by atomic mass is 35.5. The third-order valence-electron chi connectivity index (χ3n) is 5.51. The van der Waals surface area contributed by atoms with E-state index in [9.17, 15) is 9.18 Å². The number of amides is 1.